The van der Waals surface area contributed by atoms with Crippen molar-refractivity contribution in [2.75, 3.05) is 0 Å². The van der Waals surface area contributed by atoms with E-state index < -0.39 is 0 Å². The molecule has 9 heteroatoms. The van der Waals surface area contributed by atoms with Gasteiger partial charge in [-0.2, -0.15) is 0 Å². The first kappa shape index (κ1) is 13.9. The molecule has 4 aromatic rings. The van der Waals surface area contributed by atoms with Gasteiger partial charge in [0.25, 0.3) is 0 Å². The average molecular weight is 460 g/mol. The van der Waals surface area contributed by atoms with Crippen LogP contribution in [0.3, 0.4) is 0 Å². The Kier molecular flexibility index (Phi) is 3.62. The minimum absolute atomic E-state index is 0.845. The normalized spacial score (nSPS) is 11.3. The molecule has 0 radical (unpaired) electrons. The summed E-state index contributed by atoms with van der Waals surface area (Å²) in [6.45, 7) is 0. The van der Waals surface area contributed by atoms with Crippen LogP contribution in [0.4, 0.5) is 0 Å². The number of rotatable bonds is 2. The highest BCUT2D eigenvalue weighted by molar-refractivity contribution is 9.11. The molecule has 3 aromatic heterocycles. The SMILES string of the molecule is Brc1c(-c2nccs2)c(-c2nccs2)c(Br)c2snnc12. The van der Waals surface area contributed by atoms with Crippen LogP contribution in [0.25, 0.3) is 31.4 Å². The lowest BCUT2D eigenvalue weighted by Gasteiger charge is -2.10. The van der Waals surface area contributed by atoms with Crippen molar-refractivity contribution in [3.63, 3.8) is 0 Å². The molecular weight excluding hydrogens is 456 g/mol. The van der Waals surface area contributed by atoms with Crippen molar-refractivity contribution in [3.8, 4) is 21.1 Å². The topological polar surface area (TPSA) is 51.6 Å². The molecular formula is C12H4Br2N4S3. The Morgan fingerprint density at radius 1 is 0.857 bits per heavy atom. The van der Waals surface area contributed by atoms with Crippen LogP contribution < -0.4 is 0 Å². The quantitative estimate of drug-likeness (QED) is 0.399. The van der Waals surface area contributed by atoms with Crippen molar-refractivity contribution in [3.05, 3.63) is 32.1 Å². The van der Waals surface area contributed by atoms with Crippen LogP contribution in [0.1, 0.15) is 0 Å². The molecule has 1 aromatic carbocycles. The molecule has 3 heterocycles. The van der Waals surface area contributed by atoms with Gasteiger partial charge < -0.3 is 0 Å². The van der Waals surface area contributed by atoms with E-state index in [1.807, 2.05) is 10.8 Å². The molecule has 0 spiro atoms. The predicted molar refractivity (Wildman–Crippen MR) is 95.0 cm³/mol. The fraction of sp³-hybridized carbons (Fsp3) is 0. The maximum atomic E-state index is 4.46. The van der Waals surface area contributed by atoms with E-state index in [-0.39, 0.29) is 0 Å². The standard InChI is InChI=1S/C12H4Br2N4S3/c13-7-5(11-15-1-3-19-11)6(12-16-2-4-20-12)8(14)10-9(7)17-18-21-10/h1-4H. The number of benzene rings is 1. The first-order chi connectivity index (χ1) is 10.3. The van der Waals surface area contributed by atoms with Crippen LogP contribution in [0.2, 0.25) is 0 Å². The molecule has 0 atom stereocenters. The number of hydrogen-bond acceptors (Lipinski definition) is 7. The number of halogens is 2. The van der Waals surface area contributed by atoms with E-state index in [0.29, 0.717) is 0 Å². The maximum absolute atomic E-state index is 4.46. The van der Waals surface area contributed by atoms with Crippen LogP contribution in [-0.4, -0.2) is 19.6 Å². The highest BCUT2D eigenvalue weighted by Crippen LogP contribution is 2.48. The molecule has 0 aliphatic heterocycles. The van der Waals surface area contributed by atoms with Gasteiger partial charge in [0.05, 0.1) is 9.17 Å². The Bertz CT molecular complexity index is 842. The van der Waals surface area contributed by atoms with Gasteiger partial charge >= 0.3 is 0 Å². The lowest BCUT2D eigenvalue weighted by Crippen LogP contribution is -1.90. The van der Waals surface area contributed by atoms with Crippen molar-refractivity contribution in [2.45, 2.75) is 0 Å². The zero-order valence-corrected chi connectivity index (χ0v) is 15.7. The predicted octanol–water partition coefficient (Wildman–Crippen LogP) is 5.46. The molecule has 0 bridgehead atoms. The molecule has 21 heavy (non-hydrogen) atoms. The molecule has 0 aliphatic carbocycles. The lowest BCUT2D eigenvalue weighted by atomic mass is 10.1. The number of fused-ring (bicyclic) bond motifs is 1. The molecule has 0 N–H and O–H groups in total. The van der Waals surface area contributed by atoms with Gasteiger partial charge in [-0.25, -0.2) is 9.97 Å². The second-order valence-corrected chi connectivity index (χ2v) is 8.13. The van der Waals surface area contributed by atoms with E-state index in [0.717, 1.165) is 40.3 Å². The zero-order chi connectivity index (χ0) is 14.4. The third-order valence-corrected chi connectivity index (χ3v) is 7.03. The Morgan fingerprint density at radius 2 is 1.48 bits per heavy atom. The molecule has 104 valence electrons. The van der Waals surface area contributed by atoms with Crippen molar-refractivity contribution in [2.24, 2.45) is 0 Å². The van der Waals surface area contributed by atoms with Crippen molar-refractivity contribution in [1.82, 2.24) is 19.6 Å². The lowest BCUT2D eigenvalue weighted by molar-refractivity contribution is 1.19. The van der Waals surface area contributed by atoms with Gasteiger partial charge in [0.2, 0.25) is 0 Å². The minimum Gasteiger partial charge on any atom is -0.244 e. The molecule has 0 fully saturated rings. The number of nitrogens with zero attached hydrogens (tertiary/aromatic N) is 4. The first-order valence-corrected chi connectivity index (χ1v) is 9.82. The van der Waals surface area contributed by atoms with E-state index in [1.54, 1.807) is 35.1 Å². The smallest absolute Gasteiger partial charge is 0.125 e. The molecule has 4 nitrogen and oxygen atoms in total. The fourth-order valence-corrected chi connectivity index (χ4v) is 5.88. The number of hydrogen-bond donors (Lipinski definition) is 0. The summed E-state index contributed by atoms with van der Waals surface area (Å²) in [4.78, 5) is 8.91. The summed E-state index contributed by atoms with van der Waals surface area (Å²) in [7, 11) is 0. The Balaban J connectivity index is 2.19. The van der Waals surface area contributed by atoms with Gasteiger partial charge in [0, 0.05) is 38.8 Å². The van der Waals surface area contributed by atoms with Crippen LogP contribution in [0.15, 0.2) is 32.1 Å². The Labute approximate surface area is 148 Å². The third-order valence-electron chi connectivity index (χ3n) is 2.88. The summed E-state index contributed by atoms with van der Waals surface area (Å²) in [6.07, 6.45) is 3.61. The van der Waals surface area contributed by atoms with Crippen molar-refractivity contribution < 1.29 is 0 Å². The van der Waals surface area contributed by atoms with Gasteiger partial charge in [-0.3, -0.25) is 0 Å². The molecule has 0 amide bonds. The Hall–Kier alpha value is -0.740. The first-order valence-electron chi connectivity index (χ1n) is 5.70. The highest BCUT2D eigenvalue weighted by Gasteiger charge is 2.24. The summed E-state index contributed by atoms with van der Waals surface area (Å²) < 4.78 is 6.95. The molecule has 0 unspecified atom stereocenters. The van der Waals surface area contributed by atoms with Gasteiger partial charge in [-0.1, -0.05) is 4.49 Å². The van der Waals surface area contributed by atoms with E-state index in [1.165, 1.54) is 11.5 Å². The number of thiazole rings is 2. The maximum Gasteiger partial charge on any atom is 0.125 e. The second kappa shape index (κ2) is 5.47. The van der Waals surface area contributed by atoms with E-state index in [4.69, 9.17) is 0 Å². The van der Waals surface area contributed by atoms with Gasteiger partial charge in [-0.05, 0) is 43.4 Å². The van der Waals surface area contributed by atoms with E-state index in [9.17, 15) is 0 Å². The Morgan fingerprint density at radius 3 is 2.05 bits per heavy atom. The van der Waals surface area contributed by atoms with Crippen LogP contribution >= 0.6 is 66.1 Å². The van der Waals surface area contributed by atoms with Gasteiger partial charge in [0.1, 0.15) is 15.5 Å². The average Bonchev–Trinajstić information content (AvgIpc) is 3.24. The summed E-state index contributed by atoms with van der Waals surface area (Å²) in [6, 6.07) is 0. The molecule has 0 aliphatic rings. The highest BCUT2D eigenvalue weighted by atomic mass is 79.9. The molecule has 0 saturated heterocycles. The summed E-state index contributed by atoms with van der Waals surface area (Å²) in [5.74, 6) is 0. The third kappa shape index (κ3) is 2.18. The fourth-order valence-electron chi connectivity index (χ4n) is 2.03. The van der Waals surface area contributed by atoms with Crippen LogP contribution in [0.5, 0.6) is 0 Å². The van der Waals surface area contributed by atoms with Gasteiger partial charge in [-0.15, -0.1) is 27.8 Å². The van der Waals surface area contributed by atoms with Gasteiger partial charge in [0.15, 0.2) is 0 Å². The van der Waals surface area contributed by atoms with Crippen molar-refractivity contribution >= 4 is 76.3 Å². The van der Waals surface area contributed by atoms with E-state index in [2.05, 4.69) is 51.4 Å². The largest absolute Gasteiger partial charge is 0.244 e. The van der Waals surface area contributed by atoms with Crippen LogP contribution in [-0.2, 0) is 0 Å². The monoisotopic (exact) mass is 458 g/mol. The van der Waals surface area contributed by atoms with Crippen LogP contribution in [0, 0.1) is 0 Å². The second-order valence-electron chi connectivity index (χ2n) is 4.00. The minimum atomic E-state index is 0.845. The van der Waals surface area contributed by atoms with Crippen molar-refractivity contribution in [1.29, 1.82) is 0 Å². The molecule has 4 rings (SSSR count). The zero-order valence-electron chi connectivity index (χ0n) is 10.1. The number of aromatic nitrogens is 4. The summed E-state index contributed by atoms with van der Waals surface area (Å²) in [5.41, 5.74) is 2.88. The van der Waals surface area contributed by atoms with E-state index >= 15 is 0 Å². The summed E-state index contributed by atoms with van der Waals surface area (Å²) >= 11 is 11.9. The summed E-state index contributed by atoms with van der Waals surface area (Å²) in [5, 5.41) is 10.0. The molecule has 0 saturated carbocycles.